The molecule has 0 aliphatic carbocycles. The first kappa shape index (κ1) is 24.7. The molecule has 0 bridgehead atoms. The largest absolute Gasteiger partial charge is 0.464 e. The molecule has 0 spiro atoms. The van der Waals surface area contributed by atoms with E-state index in [0.717, 1.165) is 17.4 Å². The highest BCUT2D eigenvalue weighted by molar-refractivity contribution is 7.92. The Morgan fingerprint density at radius 1 is 1.16 bits per heavy atom. The van der Waals surface area contributed by atoms with Gasteiger partial charge in [-0.25, -0.2) is 13.2 Å². The van der Waals surface area contributed by atoms with E-state index in [-0.39, 0.29) is 17.7 Å². The minimum Gasteiger partial charge on any atom is -0.464 e. The van der Waals surface area contributed by atoms with Crippen LogP contribution in [0, 0.1) is 19.3 Å². The molecule has 0 saturated carbocycles. The molecule has 8 heteroatoms. The molecular formula is C23H32N2O5S. The van der Waals surface area contributed by atoms with Crippen LogP contribution in [0.2, 0.25) is 0 Å². The van der Waals surface area contributed by atoms with Crippen molar-refractivity contribution in [3.8, 4) is 11.3 Å². The number of sulfonamides is 1. The van der Waals surface area contributed by atoms with Crippen LogP contribution in [-0.4, -0.2) is 31.8 Å². The van der Waals surface area contributed by atoms with Crippen molar-refractivity contribution in [2.45, 2.75) is 54.0 Å². The molecule has 31 heavy (non-hydrogen) atoms. The van der Waals surface area contributed by atoms with Crippen molar-refractivity contribution in [1.29, 1.82) is 0 Å². The smallest absolute Gasteiger partial charge is 0.329 e. The topological polar surface area (TPSA) is 94.5 Å². The molecule has 0 amide bonds. The predicted octanol–water partition coefficient (Wildman–Crippen LogP) is 4.04. The molecule has 0 radical (unpaired) electrons. The van der Waals surface area contributed by atoms with Gasteiger partial charge in [0.15, 0.2) is 0 Å². The number of carbonyl (C=O) groups excluding carboxylic acids is 1. The van der Waals surface area contributed by atoms with Gasteiger partial charge in [-0.05, 0) is 49.8 Å². The number of rotatable bonds is 7. The first-order valence-corrected chi connectivity index (χ1v) is 12.1. The summed E-state index contributed by atoms with van der Waals surface area (Å²) in [6, 6.07) is 8.22. The number of nitrogens with one attached hydrogen (secondary N) is 1. The molecule has 1 atom stereocenters. The minimum atomic E-state index is -3.69. The predicted molar refractivity (Wildman–Crippen MR) is 124 cm³/mol. The zero-order valence-electron chi connectivity index (χ0n) is 19.3. The van der Waals surface area contributed by atoms with Gasteiger partial charge in [-0.1, -0.05) is 50.6 Å². The lowest BCUT2D eigenvalue weighted by molar-refractivity contribution is -0.148. The summed E-state index contributed by atoms with van der Waals surface area (Å²) in [6.07, 6.45) is 1.32. The highest BCUT2D eigenvalue weighted by Gasteiger charge is 2.32. The van der Waals surface area contributed by atoms with E-state index < -0.39 is 27.6 Å². The number of carbonyl (C=O) groups is 1. The third kappa shape index (κ3) is 6.43. The molecule has 1 aromatic carbocycles. The Bertz CT molecular complexity index is 1110. The third-order valence-electron chi connectivity index (χ3n) is 4.72. The molecule has 1 N–H and O–H groups in total. The fourth-order valence-electron chi connectivity index (χ4n) is 3.51. The van der Waals surface area contributed by atoms with E-state index in [1.807, 2.05) is 52.0 Å². The number of hydrogen-bond donors (Lipinski definition) is 1. The van der Waals surface area contributed by atoms with Crippen LogP contribution in [0.4, 0.5) is 5.69 Å². The van der Waals surface area contributed by atoms with Gasteiger partial charge in [0.2, 0.25) is 10.0 Å². The van der Waals surface area contributed by atoms with E-state index in [0.29, 0.717) is 17.7 Å². The molecule has 2 aromatic rings. The van der Waals surface area contributed by atoms with Crippen molar-refractivity contribution in [2.24, 2.45) is 5.41 Å². The summed E-state index contributed by atoms with van der Waals surface area (Å²) < 4.78 is 32.7. The Kier molecular flexibility index (Phi) is 7.36. The molecule has 1 aromatic heterocycles. The van der Waals surface area contributed by atoms with E-state index in [4.69, 9.17) is 4.74 Å². The molecule has 2 rings (SSSR count). The third-order valence-corrected chi connectivity index (χ3v) is 5.31. The van der Waals surface area contributed by atoms with Crippen LogP contribution >= 0.6 is 0 Å². The standard InChI is InChI=1S/C23H32N2O5S/c1-8-30-22(27)19(14-23(4,5)6)25-20(17-11-9-15(2)10-12-17)16(3)13-18(21(25)26)24-31(7,28)29/h9-13,19,24H,8,14H2,1-7H3. The Hall–Kier alpha value is -2.61. The highest BCUT2D eigenvalue weighted by Crippen LogP contribution is 2.33. The second-order valence-electron chi connectivity index (χ2n) is 9.04. The molecule has 0 saturated heterocycles. The Labute approximate surface area is 184 Å². The summed E-state index contributed by atoms with van der Waals surface area (Å²) in [5.41, 5.74) is 2.06. The lowest BCUT2D eigenvalue weighted by Gasteiger charge is -2.29. The fourth-order valence-corrected chi connectivity index (χ4v) is 4.06. The molecule has 0 aliphatic heterocycles. The summed E-state index contributed by atoms with van der Waals surface area (Å²) in [7, 11) is -3.69. The van der Waals surface area contributed by atoms with Crippen LogP contribution in [0.5, 0.6) is 0 Å². The average Bonchev–Trinajstić information content (AvgIpc) is 2.62. The summed E-state index contributed by atoms with van der Waals surface area (Å²) in [4.78, 5) is 26.5. The highest BCUT2D eigenvalue weighted by atomic mass is 32.2. The number of anilines is 1. The van der Waals surface area contributed by atoms with Gasteiger partial charge in [-0.15, -0.1) is 0 Å². The summed E-state index contributed by atoms with van der Waals surface area (Å²) >= 11 is 0. The summed E-state index contributed by atoms with van der Waals surface area (Å²) in [6.45, 7) is 11.6. The van der Waals surface area contributed by atoms with E-state index in [9.17, 15) is 18.0 Å². The second-order valence-corrected chi connectivity index (χ2v) is 10.8. The number of aryl methyl sites for hydroxylation is 2. The van der Waals surface area contributed by atoms with Gasteiger partial charge in [0, 0.05) is 0 Å². The fraction of sp³-hybridized carbons (Fsp3) is 0.478. The van der Waals surface area contributed by atoms with Crippen molar-refractivity contribution < 1.29 is 17.9 Å². The maximum atomic E-state index is 13.5. The van der Waals surface area contributed by atoms with E-state index >= 15 is 0 Å². The lowest BCUT2D eigenvalue weighted by Crippen LogP contribution is -2.36. The van der Waals surface area contributed by atoms with Crippen LogP contribution in [0.25, 0.3) is 11.3 Å². The number of benzene rings is 1. The Morgan fingerprint density at radius 3 is 2.23 bits per heavy atom. The average molecular weight is 449 g/mol. The van der Waals surface area contributed by atoms with E-state index in [1.54, 1.807) is 13.8 Å². The quantitative estimate of drug-likeness (QED) is 0.645. The molecular weight excluding hydrogens is 416 g/mol. The van der Waals surface area contributed by atoms with Crippen molar-refractivity contribution in [3.05, 3.63) is 51.8 Å². The number of aromatic nitrogens is 1. The minimum absolute atomic E-state index is 0.0981. The number of esters is 1. The van der Waals surface area contributed by atoms with Gasteiger partial charge in [0.1, 0.15) is 11.7 Å². The van der Waals surface area contributed by atoms with E-state index in [1.165, 1.54) is 10.6 Å². The molecule has 7 nitrogen and oxygen atoms in total. The Morgan fingerprint density at radius 2 is 1.74 bits per heavy atom. The van der Waals surface area contributed by atoms with Gasteiger partial charge in [-0.3, -0.25) is 14.1 Å². The number of nitrogens with zero attached hydrogens (tertiary/aromatic N) is 1. The maximum Gasteiger partial charge on any atom is 0.329 e. The van der Waals surface area contributed by atoms with Gasteiger partial charge >= 0.3 is 5.97 Å². The van der Waals surface area contributed by atoms with Crippen molar-refractivity contribution >= 4 is 21.7 Å². The normalized spacial score (nSPS) is 13.0. The van der Waals surface area contributed by atoms with Gasteiger partial charge in [0.25, 0.3) is 5.56 Å². The summed E-state index contributed by atoms with van der Waals surface area (Å²) in [5, 5.41) is 0. The molecule has 170 valence electrons. The first-order valence-electron chi connectivity index (χ1n) is 10.2. The second kappa shape index (κ2) is 9.26. The SMILES string of the molecule is CCOC(=O)C(CC(C)(C)C)n1c(-c2ccc(C)cc2)c(C)cc(NS(C)(=O)=O)c1=O. The first-order chi connectivity index (χ1) is 14.2. The van der Waals surface area contributed by atoms with Crippen molar-refractivity contribution in [2.75, 3.05) is 17.6 Å². The number of pyridine rings is 1. The van der Waals surface area contributed by atoms with Crippen LogP contribution in [-0.2, 0) is 19.6 Å². The molecule has 1 heterocycles. The van der Waals surface area contributed by atoms with Gasteiger partial charge in [0.05, 0.1) is 18.6 Å². The van der Waals surface area contributed by atoms with E-state index in [2.05, 4.69) is 4.72 Å². The van der Waals surface area contributed by atoms with Crippen molar-refractivity contribution in [3.63, 3.8) is 0 Å². The number of hydrogen-bond acceptors (Lipinski definition) is 5. The van der Waals surface area contributed by atoms with Crippen LogP contribution < -0.4 is 10.3 Å². The summed E-state index contributed by atoms with van der Waals surface area (Å²) in [5.74, 6) is -0.524. The zero-order valence-corrected chi connectivity index (χ0v) is 20.1. The maximum absolute atomic E-state index is 13.5. The zero-order chi connectivity index (χ0) is 23.6. The Balaban J connectivity index is 2.90. The van der Waals surface area contributed by atoms with Crippen molar-refractivity contribution in [1.82, 2.24) is 4.57 Å². The molecule has 0 fully saturated rings. The van der Waals surface area contributed by atoms with Gasteiger partial charge in [-0.2, -0.15) is 0 Å². The lowest BCUT2D eigenvalue weighted by atomic mass is 9.87. The van der Waals surface area contributed by atoms with Gasteiger partial charge < -0.3 is 4.74 Å². The number of ether oxygens (including phenoxy) is 1. The van der Waals surface area contributed by atoms with Crippen LogP contribution in [0.1, 0.15) is 51.3 Å². The molecule has 1 unspecified atom stereocenters. The van der Waals surface area contributed by atoms with Crippen LogP contribution in [0.15, 0.2) is 35.1 Å². The monoisotopic (exact) mass is 448 g/mol. The van der Waals surface area contributed by atoms with Crippen LogP contribution in [0.3, 0.4) is 0 Å². The molecule has 0 aliphatic rings.